The van der Waals surface area contributed by atoms with E-state index in [2.05, 4.69) is 106 Å². The van der Waals surface area contributed by atoms with Crippen LogP contribution in [0, 0.1) is 0 Å². The van der Waals surface area contributed by atoms with Gasteiger partial charge in [-0.05, 0) is 12.1 Å². The molecule has 3 nitrogen and oxygen atoms in total. The van der Waals surface area contributed by atoms with Crippen molar-refractivity contribution in [3.05, 3.63) is 126 Å². The van der Waals surface area contributed by atoms with Gasteiger partial charge in [0.05, 0.1) is 11.1 Å². The van der Waals surface area contributed by atoms with Crippen LogP contribution in [0.5, 0.6) is 0 Å². The molecule has 0 atom stereocenters. The van der Waals surface area contributed by atoms with E-state index in [1.807, 2.05) is 12.1 Å². The van der Waals surface area contributed by atoms with Gasteiger partial charge in [0, 0.05) is 0 Å². The van der Waals surface area contributed by atoms with Gasteiger partial charge in [-0.25, -0.2) is 0 Å². The number of nitrogens with zero attached hydrogens (tertiary/aromatic N) is 1. The van der Waals surface area contributed by atoms with Crippen molar-refractivity contribution in [2.75, 3.05) is 12.7 Å². The molecule has 212 valence electrons. The molecule has 0 radical (unpaired) electrons. The van der Waals surface area contributed by atoms with E-state index in [1.165, 1.54) is 46.5 Å². The first-order chi connectivity index (χ1) is 20.0. The van der Waals surface area contributed by atoms with Crippen LogP contribution in [-0.4, -0.2) is 29.4 Å². The van der Waals surface area contributed by atoms with Gasteiger partial charge in [-0.1, -0.05) is 12.1 Å². The summed E-state index contributed by atoms with van der Waals surface area (Å²) in [4.78, 5) is 26.5. The normalized spacial score (nSPS) is 14.1. The third-order valence-electron chi connectivity index (χ3n) is 8.47. The van der Waals surface area contributed by atoms with E-state index < -0.39 is 5.31 Å². The monoisotopic (exact) mass is 627 g/mol. The number of amides is 2. The van der Waals surface area contributed by atoms with E-state index in [9.17, 15) is 9.59 Å². The molecule has 41 heavy (non-hydrogen) atoms. The fraction of sp³-hybridized carbons (Fsp3) is 0.278. The number of benzene rings is 4. The van der Waals surface area contributed by atoms with Gasteiger partial charge in [0.1, 0.15) is 0 Å². The molecular formula is C36H39BrNO2P. The summed E-state index contributed by atoms with van der Waals surface area (Å²) in [5, 5.41) is 1.33. The summed E-state index contributed by atoms with van der Waals surface area (Å²) in [6.45, 7) is 0.517. The minimum absolute atomic E-state index is 0.143. The van der Waals surface area contributed by atoms with E-state index in [0.29, 0.717) is 17.7 Å². The van der Waals surface area contributed by atoms with Crippen LogP contribution in [0.3, 0.4) is 0 Å². The predicted molar refractivity (Wildman–Crippen MR) is 178 cm³/mol. The zero-order chi connectivity index (χ0) is 28.6. The molecule has 2 amide bonds. The van der Waals surface area contributed by atoms with Crippen LogP contribution >= 0.6 is 20.8 Å². The third kappa shape index (κ3) is 5.96. The zero-order valence-electron chi connectivity index (χ0n) is 23.6. The Morgan fingerprint density at radius 1 is 0.463 bits per heavy atom. The van der Waals surface area contributed by atoms with Gasteiger partial charge in [-0.15, -0.1) is 0 Å². The average molecular weight is 629 g/mol. The molecule has 0 aromatic heterocycles. The molecule has 0 fully saturated rings. The number of rotatable bonds is 14. The van der Waals surface area contributed by atoms with E-state index in [1.54, 1.807) is 12.1 Å². The molecule has 1 aliphatic heterocycles. The van der Waals surface area contributed by atoms with Crippen molar-refractivity contribution in [1.29, 1.82) is 0 Å². The number of hydrogen-bond donors (Lipinski definition) is 0. The summed E-state index contributed by atoms with van der Waals surface area (Å²) in [5.74, 6) is -0.285. The Kier molecular flexibility index (Phi) is 9.53. The molecule has 0 aliphatic carbocycles. The maximum atomic E-state index is 12.5. The van der Waals surface area contributed by atoms with Crippen LogP contribution < -0.4 is 15.9 Å². The first kappa shape index (κ1) is 29.4. The molecule has 1 aliphatic rings. The Balaban J connectivity index is 1.13. The van der Waals surface area contributed by atoms with Crippen LogP contribution in [0.2, 0.25) is 0 Å². The van der Waals surface area contributed by atoms with Gasteiger partial charge in [-0.3, -0.25) is 9.59 Å². The van der Waals surface area contributed by atoms with Crippen molar-refractivity contribution in [3.63, 3.8) is 0 Å². The molecule has 4 aromatic carbocycles. The van der Waals surface area contributed by atoms with Crippen molar-refractivity contribution in [3.8, 4) is 0 Å². The quantitative estimate of drug-likeness (QED) is 0.0802. The van der Waals surface area contributed by atoms with Gasteiger partial charge in [0.15, 0.2) is 0 Å². The van der Waals surface area contributed by atoms with Crippen LogP contribution in [0.4, 0.5) is 0 Å². The minimum atomic E-state index is -2.82. The number of halogens is 1. The van der Waals surface area contributed by atoms with E-state index >= 15 is 0 Å². The van der Waals surface area contributed by atoms with Crippen LogP contribution in [-0.2, 0) is 0 Å². The molecular weight excluding hydrogens is 589 g/mol. The summed E-state index contributed by atoms with van der Waals surface area (Å²) < 4.78 is 0. The molecule has 1 heterocycles. The number of hydrogen-bond acceptors (Lipinski definition) is 2. The Morgan fingerprint density at radius 2 is 0.805 bits per heavy atom. The second-order valence-electron chi connectivity index (χ2n) is 11.0. The van der Waals surface area contributed by atoms with Gasteiger partial charge in [0.2, 0.25) is 0 Å². The standard InChI is InChI=1S/C36H39BrNO2P/c37-41(30-20-10-7-11-21-30,31-22-12-8-13-23-31,32-24-14-9-15-25-32)29-19-6-4-2-1-3-5-18-28-38-35(39)33-26-16-17-27-34(33)36(38)40/h7-17,20-27H,1-6,18-19,28-29H2. The molecule has 0 spiro atoms. The Bertz CT molecular complexity index is 1320. The van der Waals surface area contributed by atoms with Crippen molar-refractivity contribution in [2.24, 2.45) is 0 Å². The number of carbonyl (C=O) groups excluding carboxylic acids is 2. The number of fused-ring (bicyclic) bond motifs is 1. The van der Waals surface area contributed by atoms with Crippen molar-refractivity contribution >= 4 is 48.5 Å². The Labute approximate surface area is 252 Å². The molecule has 5 heteroatoms. The van der Waals surface area contributed by atoms with Gasteiger partial charge in [0.25, 0.3) is 0 Å². The summed E-state index contributed by atoms with van der Waals surface area (Å²) in [7, 11) is 0. The predicted octanol–water partition coefficient (Wildman–Crippen LogP) is 8.24. The number of imide groups is 1. The van der Waals surface area contributed by atoms with Crippen LogP contribution in [0.1, 0.15) is 72.1 Å². The van der Waals surface area contributed by atoms with E-state index in [4.69, 9.17) is 0 Å². The topological polar surface area (TPSA) is 37.4 Å². The average Bonchev–Trinajstić information content (AvgIpc) is 3.28. The van der Waals surface area contributed by atoms with Gasteiger partial charge < -0.3 is 0 Å². The fourth-order valence-corrected chi connectivity index (χ4v) is 14.0. The van der Waals surface area contributed by atoms with E-state index in [0.717, 1.165) is 31.8 Å². The summed E-state index contributed by atoms with van der Waals surface area (Å²) in [5.41, 5.74) is 1.09. The zero-order valence-corrected chi connectivity index (χ0v) is 26.1. The van der Waals surface area contributed by atoms with Crippen molar-refractivity contribution in [1.82, 2.24) is 4.90 Å². The van der Waals surface area contributed by atoms with Crippen molar-refractivity contribution in [2.45, 2.75) is 51.4 Å². The Morgan fingerprint density at radius 3 is 1.22 bits per heavy atom. The summed E-state index contributed by atoms with van der Waals surface area (Å²) >= 11 is 4.55. The second-order valence-corrected chi connectivity index (χ2v) is 20.1. The van der Waals surface area contributed by atoms with Crippen molar-refractivity contribution < 1.29 is 9.59 Å². The molecule has 0 N–H and O–H groups in total. The SMILES string of the molecule is O=C1c2ccccc2C(=O)N1CCCCCCCCCCP(Br)(c1ccccc1)(c1ccccc1)c1ccccc1. The first-order valence-corrected chi connectivity index (χ1v) is 19.3. The summed E-state index contributed by atoms with van der Waals surface area (Å²) in [6, 6.07) is 40.2. The Hall–Kier alpha value is -3.07. The number of unbranched alkanes of at least 4 members (excludes halogenated alkanes) is 7. The van der Waals surface area contributed by atoms with Crippen LogP contribution in [0.25, 0.3) is 0 Å². The molecule has 0 unspecified atom stereocenters. The molecule has 5 rings (SSSR count). The third-order valence-corrected chi connectivity index (χ3v) is 18.5. The van der Waals surface area contributed by atoms with Crippen LogP contribution in [0.15, 0.2) is 115 Å². The molecule has 0 saturated carbocycles. The maximum absolute atomic E-state index is 12.5. The second kappa shape index (κ2) is 13.3. The summed E-state index contributed by atoms with van der Waals surface area (Å²) in [6.07, 6.45) is 10.1. The van der Waals surface area contributed by atoms with E-state index in [-0.39, 0.29) is 11.8 Å². The molecule has 0 bridgehead atoms. The van der Waals surface area contributed by atoms with Gasteiger partial charge >= 0.3 is 208 Å². The fourth-order valence-electron chi connectivity index (χ4n) is 6.23. The first-order valence-electron chi connectivity index (χ1n) is 14.9. The van der Waals surface area contributed by atoms with Gasteiger partial charge in [-0.2, -0.15) is 0 Å². The molecule has 4 aromatic rings. The number of carbonyl (C=O) groups is 2. The molecule has 0 saturated heterocycles.